The normalized spacial score (nSPS) is 22.9. The predicted octanol–water partition coefficient (Wildman–Crippen LogP) is -1.59. The molecule has 3 aliphatic heterocycles. The molecule has 3 aliphatic rings. The van der Waals surface area contributed by atoms with Crippen molar-refractivity contribution in [3.8, 4) is 0 Å². The zero-order valence-electron chi connectivity index (χ0n) is 17.5. The quantitative estimate of drug-likeness (QED) is 0.321. The van der Waals surface area contributed by atoms with Crippen molar-refractivity contribution < 1.29 is 29.4 Å². The maximum absolute atomic E-state index is 12.4. The number of amidine groups is 1. The lowest BCUT2D eigenvalue weighted by molar-refractivity contribution is -0.140. The highest BCUT2D eigenvalue weighted by atomic mass is 16.4. The summed E-state index contributed by atoms with van der Waals surface area (Å²) < 4.78 is 0. The van der Waals surface area contributed by atoms with Gasteiger partial charge in [-0.1, -0.05) is 0 Å². The van der Waals surface area contributed by atoms with E-state index in [4.69, 9.17) is 10.8 Å². The van der Waals surface area contributed by atoms with Gasteiger partial charge in [-0.25, -0.2) is 4.79 Å². The number of carbonyl (C=O) groups excluding carboxylic acids is 2. The van der Waals surface area contributed by atoms with Crippen LogP contribution in [0.25, 0.3) is 0 Å². The molecule has 0 spiro atoms. The second-order valence-corrected chi connectivity index (χ2v) is 7.96. The van der Waals surface area contributed by atoms with Crippen LogP contribution < -0.4 is 21.3 Å². The fourth-order valence-corrected chi connectivity index (χ4v) is 4.11. The summed E-state index contributed by atoms with van der Waals surface area (Å²) >= 11 is 0. The number of fused-ring (bicyclic) bond motifs is 3. The molecule has 3 heterocycles. The van der Waals surface area contributed by atoms with Gasteiger partial charge >= 0.3 is 11.9 Å². The van der Waals surface area contributed by atoms with Gasteiger partial charge in [-0.15, -0.1) is 0 Å². The maximum Gasteiger partial charge on any atom is 0.326 e. The zero-order valence-corrected chi connectivity index (χ0v) is 17.5. The van der Waals surface area contributed by atoms with Crippen LogP contribution in [-0.2, 0) is 14.4 Å². The van der Waals surface area contributed by atoms with Crippen LogP contribution in [0.5, 0.6) is 0 Å². The van der Waals surface area contributed by atoms with E-state index in [1.54, 1.807) is 24.3 Å². The summed E-state index contributed by atoms with van der Waals surface area (Å²) in [5.41, 5.74) is 6.69. The van der Waals surface area contributed by atoms with E-state index in [0.717, 1.165) is 5.69 Å². The molecule has 1 aromatic carbocycles. The third kappa shape index (κ3) is 4.62. The summed E-state index contributed by atoms with van der Waals surface area (Å²) in [6.45, 7) is 1.57. The molecule has 0 saturated carbocycles. The smallest absolute Gasteiger partial charge is 0.326 e. The molecule has 0 radical (unpaired) electrons. The molecular weight excluding hydrogens is 434 g/mol. The summed E-state index contributed by atoms with van der Waals surface area (Å²) in [7, 11) is 0. The topological polar surface area (TPSA) is 190 Å². The summed E-state index contributed by atoms with van der Waals surface area (Å²) in [5.74, 6) is -2.88. The number of amides is 2. The lowest BCUT2D eigenvalue weighted by atomic mass is 10.1. The van der Waals surface area contributed by atoms with Gasteiger partial charge in [0.15, 0.2) is 11.9 Å². The molecule has 1 saturated heterocycles. The van der Waals surface area contributed by atoms with Gasteiger partial charge in [-0.05, 0) is 30.7 Å². The first-order valence-corrected chi connectivity index (χ1v) is 10.3. The van der Waals surface area contributed by atoms with E-state index in [-0.39, 0.29) is 36.3 Å². The third-order valence-corrected chi connectivity index (χ3v) is 5.75. The number of nitrogens with two attached hydrogens (primary N) is 1. The number of aliphatic imine (C=N–C) groups is 2. The van der Waals surface area contributed by atoms with E-state index in [1.165, 1.54) is 0 Å². The van der Waals surface area contributed by atoms with Crippen LogP contribution in [0, 0.1) is 0 Å². The molecule has 4 rings (SSSR count). The first-order chi connectivity index (χ1) is 15.7. The lowest BCUT2D eigenvalue weighted by Crippen LogP contribution is -2.61. The largest absolute Gasteiger partial charge is 0.481 e. The third-order valence-electron chi connectivity index (χ3n) is 5.75. The number of aliphatic carboxylic acids is 2. The fourth-order valence-electron chi connectivity index (χ4n) is 4.11. The van der Waals surface area contributed by atoms with E-state index < -0.39 is 29.9 Å². The molecule has 0 bridgehead atoms. The van der Waals surface area contributed by atoms with Gasteiger partial charge in [0.1, 0.15) is 6.04 Å². The average molecular weight is 457 g/mol. The van der Waals surface area contributed by atoms with Crippen molar-refractivity contribution in [3.63, 3.8) is 0 Å². The molecule has 1 unspecified atom stereocenters. The molecule has 13 nitrogen and oxygen atoms in total. The number of hydrogen-bond donors (Lipinski definition) is 5. The van der Waals surface area contributed by atoms with Gasteiger partial charge in [-0.2, -0.15) is 4.99 Å². The van der Waals surface area contributed by atoms with Crippen molar-refractivity contribution in [2.24, 2.45) is 15.7 Å². The van der Waals surface area contributed by atoms with Crippen molar-refractivity contribution in [1.82, 2.24) is 15.5 Å². The summed E-state index contributed by atoms with van der Waals surface area (Å²) in [5, 5.41) is 22.8. The minimum absolute atomic E-state index is 0.0209. The molecule has 13 heteroatoms. The first kappa shape index (κ1) is 22.2. The molecule has 2 amide bonds. The Morgan fingerprint density at radius 3 is 2.64 bits per heavy atom. The van der Waals surface area contributed by atoms with Gasteiger partial charge in [0.2, 0.25) is 5.96 Å². The highest BCUT2D eigenvalue weighted by Crippen LogP contribution is 2.28. The minimum Gasteiger partial charge on any atom is -0.481 e. The van der Waals surface area contributed by atoms with Gasteiger partial charge in [0.05, 0.1) is 13.2 Å². The van der Waals surface area contributed by atoms with Crippen LogP contribution in [0.15, 0.2) is 34.3 Å². The second kappa shape index (κ2) is 8.86. The number of carboxylic acids is 2. The number of benzene rings is 1. The SMILES string of the molecule is NC1=NC2=NC[C@@H]3CN(c4ccc(C(=O)N[C@@H](CCC(=O)O)C(=O)O)cc4)CN3C2C(=O)N1. The number of carbonyl (C=O) groups is 4. The molecule has 3 atom stereocenters. The van der Waals surface area contributed by atoms with Crippen LogP contribution in [0.4, 0.5) is 5.69 Å². The van der Waals surface area contributed by atoms with Crippen molar-refractivity contribution >= 4 is 41.2 Å². The lowest BCUT2D eigenvalue weighted by Gasteiger charge is -2.35. The van der Waals surface area contributed by atoms with E-state index in [9.17, 15) is 24.3 Å². The molecule has 1 fully saturated rings. The Morgan fingerprint density at radius 1 is 1.24 bits per heavy atom. The average Bonchev–Trinajstić information content (AvgIpc) is 3.20. The molecule has 1 aromatic rings. The van der Waals surface area contributed by atoms with Crippen molar-refractivity contribution in [2.45, 2.75) is 31.0 Å². The van der Waals surface area contributed by atoms with Gasteiger partial charge in [-0.3, -0.25) is 29.6 Å². The molecule has 174 valence electrons. The molecular formula is C20H23N7O6. The zero-order chi connectivity index (χ0) is 23.7. The Morgan fingerprint density at radius 2 is 1.97 bits per heavy atom. The monoisotopic (exact) mass is 457 g/mol. The van der Waals surface area contributed by atoms with Crippen LogP contribution in [0.2, 0.25) is 0 Å². The second-order valence-electron chi connectivity index (χ2n) is 7.96. The van der Waals surface area contributed by atoms with E-state index in [2.05, 4.69) is 20.6 Å². The van der Waals surface area contributed by atoms with Crippen molar-refractivity contribution in [1.29, 1.82) is 0 Å². The molecule has 0 aromatic heterocycles. The summed E-state index contributed by atoms with van der Waals surface area (Å²) in [6, 6.07) is 4.72. The number of hydrogen-bond acceptors (Lipinski definition) is 9. The number of nitrogens with zero attached hydrogens (tertiary/aromatic N) is 4. The predicted molar refractivity (Wildman–Crippen MR) is 116 cm³/mol. The fraction of sp³-hybridized carbons (Fsp3) is 0.400. The Bertz CT molecular complexity index is 1050. The maximum atomic E-state index is 12.4. The number of guanidine groups is 1. The first-order valence-electron chi connectivity index (χ1n) is 10.3. The van der Waals surface area contributed by atoms with Gasteiger partial charge in [0, 0.05) is 30.3 Å². The molecule has 6 N–H and O–H groups in total. The summed E-state index contributed by atoms with van der Waals surface area (Å²) in [4.78, 5) is 59.5. The van der Waals surface area contributed by atoms with Gasteiger partial charge in [0.25, 0.3) is 11.8 Å². The van der Waals surface area contributed by atoms with E-state index >= 15 is 0 Å². The highest BCUT2D eigenvalue weighted by molar-refractivity contribution is 6.19. The van der Waals surface area contributed by atoms with Crippen LogP contribution in [0.1, 0.15) is 23.2 Å². The highest BCUT2D eigenvalue weighted by Gasteiger charge is 2.45. The van der Waals surface area contributed by atoms with Crippen LogP contribution >= 0.6 is 0 Å². The minimum atomic E-state index is -1.30. The molecule has 0 aliphatic carbocycles. The number of rotatable bonds is 7. The Hall–Kier alpha value is -4.00. The van der Waals surface area contributed by atoms with Gasteiger partial charge < -0.3 is 26.2 Å². The number of carboxylic acid groups (broad SMARTS) is 2. The van der Waals surface area contributed by atoms with Crippen molar-refractivity contribution in [3.05, 3.63) is 29.8 Å². The Balaban J connectivity index is 1.41. The Labute approximate surface area is 188 Å². The number of anilines is 1. The van der Waals surface area contributed by atoms with Crippen molar-refractivity contribution in [2.75, 3.05) is 24.7 Å². The van der Waals surface area contributed by atoms with E-state index in [1.807, 2.05) is 9.80 Å². The van der Waals surface area contributed by atoms with E-state index in [0.29, 0.717) is 25.6 Å². The standard InChI is InChI=1S/C20H23N7O6/c21-20-24-16-15(18(31)25-20)27-9-26(8-12(27)7-22-16)11-3-1-10(2-4-11)17(30)23-13(19(32)33)5-6-14(28)29/h1-4,12-13,15H,5-9H2,(H,23,30)(H,28,29)(H,32,33)(H3,21,22,24,25,31)/t12-,13+,15?/m1/s1. The van der Waals surface area contributed by atoms with Crippen LogP contribution in [-0.4, -0.2) is 88.5 Å². The Kier molecular flexibility index (Phi) is 5.96. The summed E-state index contributed by atoms with van der Waals surface area (Å²) in [6.07, 6.45) is -0.584. The number of nitrogens with one attached hydrogen (secondary N) is 2. The van der Waals surface area contributed by atoms with Crippen LogP contribution in [0.3, 0.4) is 0 Å². The molecule has 33 heavy (non-hydrogen) atoms.